The van der Waals surface area contributed by atoms with Crippen LogP contribution in [0.15, 0.2) is 71.6 Å². The molecule has 0 saturated heterocycles. The molecule has 1 aliphatic heterocycles. The van der Waals surface area contributed by atoms with Crippen LogP contribution >= 0.6 is 11.6 Å². The second kappa shape index (κ2) is 9.72. The molecule has 3 aromatic carbocycles. The van der Waals surface area contributed by atoms with E-state index in [0.29, 0.717) is 40.9 Å². The number of hydrogen-bond donors (Lipinski definition) is 1. The number of aryl methyl sites for hydroxylation is 1. The summed E-state index contributed by atoms with van der Waals surface area (Å²) in [5, 5.41) is 3.35. The summed E-state index contributed by atoms with van der Waals surface area (Å²) in [6.45, 7) is 0.172. The van der Waals surface area contributed by atoms with Crippen LogP contribution in [0.2, 0.25) is 5.02 Å². The third-order valence-corrected chi connectivity index (χ3v) is 7.36. The third kappa shape index (κ3) is 5.23. The molecule has 0 radical (unpaired) electrons. The highest BCUT2D eigenvalue weighted by atomic mass is 35.5. The molecule has 1 amide bonds. The number of nitrogens with one attached hydrogen (secondary N) is 1. The Morgan fingerprint density at radius 2 is 1.73 bits per heavy atom. The van der Waals surface area contributed by atoms with Gasteiger partial charge in [0.1, 0.15) is 11.5 Å². The summed E-state index contributed by atoms with van der Waals surface area (Å²) in [5.74, 6) is 0.751. The van der Waals surface area contributed by atoms with Crippen LogP contribution < -0.4 is 19.1 Å². The van der Waals surface area contributed by atoms with Crippen LogP contribution in [0, 0.1) is 0 Å². The molecule has 0 saturated carbocycles. The molecule has 4 rings (SSSR count). The monoisotopic (exact) mass is 486 g/mol. The number of halogens is 1. The summed E-state index contributed by atoms with van der Waals surface area (Å²) >= 11 is 5.85. The Hall–Kier alpha value is -3.23. The summed E-state index contributed by atoms with van der Waals surface area (Å²) in [6, 6.07) is 18.3. The molecule has 0 aromatic heterocycles. The highest BCUT2D eigenvalue weighted by Crippen LogP contribution is 2.34. The molecular weight excluding hydrogens is 464 g/mol. The van der Waals surface area contributed by atoms with Gasteiger partial charge in [-0.25, -0.2) is 8.42 Å². The maximum atomic E-state index is 13.3. The Bertz CT molecular complexity index is 1240. The molecule has 1 heterocycles. The smallest absolute Gasteiger partial charge is 0.264 e. The minimum Gasteiger partial charge on any atom is -0.497 e. The van der Waals surface area contributed by atoms with Crippen molar-refractivity contribution in [2.75, 3.05) is 29.9 Å². The van der Waals surface area contributed by atoms with E-state index >= 15 is 0 Å². The molecule has 33 heavy (non-hydrogen) atoms. The van der Waals surface area contributed by atoms with Gasteiger partial charge in [-0.2, -0.15) is 0 Å². The Kier molecular flexibility index (Phi) is 6.76. The standard InChI is InChI=1S/C24H23ClN2O5S/c1-31-20-10-12-22(13-11-20)33(29,30)27-14-2-3-17-4-7-19(15-23(17)27)26-24(28)16-32-21-8-5-18(25)6-9-21/h4-13,15H,2-3,14,16H2,1H3,(H,26,28). The van der Waals surface area contributed by atoms with Gasteiger partial charge >= 0.3 is 0 Å². The number of hydrogen-bond acceptors (Lipinski definition) is 5. The quantitative estimate of drug-likeness (QED) is 0.531. The van der Waals surface area contributed by atoms with Gasteiger partial charge in [0.15, 0.2) is 6.61 Å². The molecule has 0 bridgehead atoms. The molecule has 0 aliphatic carbocycles. The number of fused-ring (bicyclic) bond motifs is 1. The second-order valence-corrected chi connectivity index (χ2v) is 9.79. The lowest BCUT2D eigenvalue weighted by molar-refractivity contribution is -0.118. The van der Waals surface area contributed by atoms with Gasteiger partial charge in [0.2, 0.25) is 0 Å². The Labute approximate surface area is 197 Å². The zero-order valence-corrected chi connectivity index (χ0v) is 19.5. The van der Waals surface area contributed by atoms with E-state index in [0.717, 1.165) is 12.0 Å². The number of ether oxygens (including phenoxy) is 2. The number of anilines is 2. The SMILES string of the molecule is COc1ccc(S(=O)(=O)N2CCCc3ccc(NC(=O)COc4ccc(Cl)cc4)cc32)cc1. The molecular formula is C24H23ClN2O5S. The maximum Gasteiger partial charge on any atom is 0.264 e. The van der Waals surface area contributed by atoms with Crippen LogP contribution in [0.5, 0.6) is 11.5 Å². The number of nitrogens with zero attached hydrogens (tertiary/aromatic N) is 1. The van der Waals surface area contributed by atoms with Crippen LogP contribution in [-0.4, -0.2) is 34.6 Å². The number of carbonyl (C=O) groups excluding carboxylic acids is 1. The fraction of sp³-hybridized carbons (Fsp3) is 0.208. The first-order chi connectivity index (χ1) is 15.9. The molecule has 0 fully saturated rings. The van der Waals surface area contributed by atoms with E-state index in [4.69, 9.17) is 21.1 Å². The van der Waals surface area contributed by atoms with E-state index in [-0.39, 0.29) is 17.4 Å². The first-order valence-electron chi connectivity index (χ1n) is 10.3. The molecule has 7 nitrogen and oxygen atoms in total. The van der Waals surface area contributed by atoms with Gasteiger partial charge in [0, 0.05) is 17.3 Å². The lowest BCUT2D eigenvalue weighted by Gasteiger charge is -2.31. The zero-order valence-electron chi connectivity index (χ0n) is 18.0. The average molecular weight is 487 g/mol. The van der Waals surface area contributed by atoms with Crippen LogP contribution in [0.4, 0.5) is 11.4 Å². The Morgan fingerprint density at radius 3 is 2.42 bits per heavy atom. The molecule has 3 aromatic rings. The van der Waals surface area contributed by atoms with Crippen molar-refractivity contribution in [2.24, 2.45) is 0 Å². The fourth-order valence-electron chi connectivity index (χ4n) is 3.62. The lowest BCUT2D eigenvalue weighted by atomic mass is 10.0. The molecule has 1 aliphatic rings. The van der Waals surface area contributed by atoms with E-state index in [1.54, 1.807) is 48.5 Å². The van der Waals surface area contributed by atoms with Crippen molar-refractivity contribution >= 4 is 38.9 Å². The van der Waals surface area contributed by atoms with Crippen molar-refractivity contribution in [2.45, 2.75) is 17.7 Å². The van der Waals surface area contributed by atoms with Crippen molar-refractivity contribution in [3.8, 4) is 11.5 Å². The molecule has 9 heteroatoms. The van der Waals surface area contributed by atoms with Crippen molar-refractivity contribution < 1.29 is 22.7 Å². The Morgan fingerprint density at radius 1 is 1.03 bits per heavy atom. The fourth-order valence-corrected chi connectivity index (χ4v) is 5.28. The predicted octanol–water partition coefficient (Wildman–Crippen LogP) is 4.51. The third-order valence-electron chi connectivity index (χ3n) is 5.28. The first kappa shape index (κ1) is 22.9. The summed E-state index contributed by atoms with van der Waals surface area (Å²) < 4.78 is 38.7. The molecule has 0 spiro atoms. The summed E-state index contributed by atoms with van der Waals surface area (Å²) in [7, 11) is -2.24. The molecule has 0 unspecified atom stereocenters. The Balaban J connectivity index is 1.51. The number of benzene rings is 3. The predicted molar refractivity (Wildman–Crippen MR) is 128 cm³/mol. The number of methoxy groups -OCH3 is 1. The molecule has 172 valence electrons. The number of sulfonamides is 1. The largest absolute Gasteiger partial charge is 0.497 e. The first-order valence-corrected chi connectivity index (χ1v) is 12.2. The van der Waals surface area contributed by atoms with Gasteiger partial charge in [0.05, 0.1) is 17.7 Å². The second-order valence-electron chi connectivity index (χ2n) is 7.49. The van der Waals surface area contributed by atoms with Crippen molar-refractivity contribution in [1.82, 2.24) is 0 Å². The van der Waals surface area contributed by atoms with Crippen LogP contribution in [0.3, 0.4) is 0 Å². The normalized spacial score (nSPS) is 13.2. The zero-order chi connectivity index (χ0) is 23.4. The van der Waals surface area contributed by atoms with Crippen LogP contribution in [0.25, 0.3) is 0 Å². The van der Waals surface area contributed by atoms with Crippen LogP contribution in [-0.2, 0) is 21.2 Å². The molecule has 1 N–H and O–H groups in total. The number of carbonyl (C=O) groups is 1. The minimum absolute atomic E-state index is 0.182. The van der Waals surface area contributed by atoms with E-state index in [1.165, 1.54) is 23.5 Å². The minimum atomic E-state index is -3.77. The lowest BCUT2D eigenvalue weighted by Crippen LogP contribution is -2.35. The number of amides is 1. The van der Waals surface area contributed by atoms with E-state index in [9.17, 15) is 13.2 Å². The van der Waals surface area contributed by atoms with Crippen molar-refractivity contribution in [1.29, 1.82) is 0 Å². The van der Waals surface area contributed by atoms with Crippen molar-refractivity contribution in [3.63, 3.8) is 0 Å². The van der Waals surface area contributed by atoms with Gasteiger partial charge in [-0.05, 0) is 79.1 Å². The van der Waals surface area contributed by atoms with Gasteiger partial charge in [-0.3, -0.25) is 9.10 Å². The van der Waals surface area contributed by atoms with Gasteiger partial charge < -0.3 is 14.8 Å². The summed E-state index contributed by atoms with van der Waals surface area (Å²) in [5.41, 5.74) is 1.97. The van der Waals surface area contributed by atoms with Crippen molar-refractivity contribution in [3.05, 3.63) is 77.3 Å². The highest BCUT2D eigenvalue weighted by Gasteiger charge is 2.29. The van der Waals surface area contributed by atoms with Gasteiger partial charge in [-0.15, -0.1) is 0 Å². The van der Waals surface area contributed by atoms with E-state index in [2.05, 4.69) is 5.32 Å². The van der Waals surface area contributed by atoms with Crippen LogP contribution in [0.1, 0.15) is 12.0 Å². The van der Waals surface area contributed by atoms with Gasteiger partial charge in [-0.1, -0.05) is 17.7 Å². The summed E-state index contributed by atoms with van der Waals surface area (Å²) in [4.78, 5) is 12.6. The van der Waals surface area contributed by atoms with E-state index < -0.39 is 10.0 Å². The summed E-state index contributed by atoms with van der Waals surface area (Å²) in [6.07, 6.45) is 1.47. The van der Waals surface area contributed by atoms with Gasteiger partial charge in [0.25, 0.3) is 15.9 Å². The molecule has 0 atom stereocenters. The average Bonchev–Trinajstić information content (AvgIpc) is 2.83. The highest BCUT2D eigenvalue weighted by molar-refractivity contribution is 7.92. The number of rotatable bonds is 7. The van der Waals surface area contributed by atoms with E-state index in [1.807, 2.05) is 6.07 Å². The topological polar surface area (TPSA) is 84.9 Å². The maximum absolute atomic E-state index is 13.3.